The summed E-state index contributed by atoms with van der Waals surface area (Å²) in [6.07, 6.45) is -0.0397. The lowest BCUT2D eigenvalue weighted by Crippen LogP contribution is -2.38. The highest BCUT2D eigenvalue weighted by molar-refractivity contribution is 5.91. The zero-order chi connectivity index (χ0) is 14.8. The number of amides is 1. The molecule has 1 unspecified atom stereocenters. The molecule has 0 saturated carbocycles. The Morgan fingerprint density at radius 1 is 1.21 bits per heavy atom. The fourth-order valence-electron chi connectivity index (χ4n) is 1.33. The maximum absolute atomic E-state index is 13.3. The second-order valence-electron chi connectivity index (χ2n) is 5.47. The zero-order valence-corrected chi connectivity index (χ0v) is 11.1. The number of nitrogens with one attached hydrogen (secondary N) is 1. The number of carbonyl (C=O) groups excluding carboxylic acids is 1. The number of anilines is 1. The van der Waals surface area contributed by atoms with Crippen molar-refractivity contribution in [1.29, 1.82) is 0 Å². The van der Waals surface area contributed by atoms with Crippen molar-refractivity contribution in [2.45, 2.75) is 33.2 Å². The number of halogens is 3. The summed E-state index contributed by atoms with van der Waals surface area (Å²) in [5, 5.41) is 2.18. The molecule has 1 rings (SSSR count). The number of hydrogen-bond donors (Lipinski definition) is 2. The number of nitrogens with two attached hydrogens (primary N) is 1. The molecule has 0 fully saturated rings. The molecular formula is C13H17F3N2O. The van der Waals surface area contributed by atoms with E-state index in [1.807, 2.05) is 20.8 Å². The van der Waals surface area contributed by atoms with Crippen LogP contribution in [-0.4, -0.2) is 11.9 Å². The third-order valence-electron chi connectivity index (χ3n) is 2.80. The normalized spacial score (nSPS) is 13.2. The SMILES string of the molecule is CC(C)(C)C(N)CC(=O)Nc1cc(F)c(F)cc1F. The van der Waals surface area contributed by atoms with Crippen LogP contribution in [0.2, 0.25) is 0 Å². The highest BCUT2D eigenvalue weighted by Crippen LogP contribution is 2.22. The maximum atomic E-state index is 13.3. The molecule has 1 atom stereocenters. The summed E-state index contributed by atoms with van der Waals surface area (Å²) in [5.41, 5.74) is 5.12. The van der Waals surface area contributed by atoms with Crippen LogP contribution in [0.15, 0.2) is 12.1 Å². The van der Waals surface area contributed by atoms with E-state index < -0.39 is 35.1 Å². The van der Waals surface area contributed by atoms with Gasteiger partial charge in [-0.1, -0.05) is 20.8 Å². The first-order valence-corrected chi connectivity index (χ1v) is 5.81. The lowest BCUT2D eigenvalue weighted by Gasteiger charge is -2.26. The van der Waals surface area contributed by atoms with Crippen LogP contribution >= 0.6 is 0 Å². The maximum Gasteiger partial charge on any atom is 0.226 e. The largest absolute Gasteiger partial charge is 0.327 e. The molecule has 3 nitrogen and oxygen atoms in total. The van der Waals surface area contributed by atoms with Crippen LogP contribution in [0.3, 0.4) is 0 Å². The standard InChI is InChI=1S/C13H17F3N2O/c1-13(2,3)11(17)6-12(19)18-10-5-8(15)7(14)4-9(10)16/h4-5,11H,6,17H2,1-3H3,(H,18,19). The van der Waals surface area contributed by atoms with Crippen molar-refractivity contribution >= 4 is 11.6 Å². The molecular weight excluding hydrogens is 257 g/mol. The Labute approximate surface area is 110 Å². The van der Waals surface area contributed by atoms with E-state index >= 15 is 0 Å². The molecule has 1 amide bonds. The van der Waals surface area contributed by atoms with Gasteiger partial charge in [-0.3, -0.25) is 4.79 Å². The van der Waals surface area contributed by atoms with Crippen molar-refractivity contribution in [2.24, 2.45) is 11.1 Å². The second kappa shape index (κ2) is 5.61. The topological polar surface area (TPSA) is 55.1 Å². The van der Waals surface area contributed by atoms with Gasteiger partial charge in [-0.2, -0.15) is 0 Å². The molecule has 0 bridgehead atoms. The van der Waals surface area contributed by atoms with E-state index in [0.717, 1.165) is 0 Å². The average molecular weight is 274 g/mol. The molecule has 106 valence electrons. The molecule has 0 spiro atoms. The van der Waals surface area contributed by atoms with Crippen LogP contribution in [0.5, 0.6) is 0 Å². The van der Waals surface area contributed by atoms with Gasteiger partial charge in [0.05, 0.1) is 5.69 Å². The molecule has 0 aliphatic rings. The van der Waals surface area contributed by atoms with E-state index in [9.17, 15) is 18.0 Å². The van der Waals surface area contributed by atoms with Crippen molar-refractivity contribution in [3.63, 3.8) is 0 Å². The van der Waals surface area contributed by atoms with Crippen molar-refractivity contribution in [1.82, 2.24) is 0 Å². The van der Waals surface area contributed by atoms with Crippen LogP contribution in [0.25, 0.3) is 0 Å². The predicted octanol–water partition coefficient (Wildman–Crippen LogP) is 2.81. The van der Waals surface area contributed by atoms with Gasteiger partial charge < -0.3 is 11.1 Å². The number of carbonyl (C=O) groups is 1. The summed E-state index contributed by atoms with van der Waals surface area (Å²) in [6.45, 7) is 5.59. The molecule has 1 aromatic carbocycles. The van der Waals surface area contributed by atoms with Crippen molar-refractivity contribution in [2.75, 3.05) is 5.32 Å². The minimum absolute atomic E-state index is 0.0397. The van der Waals surface area contributed by atoms with Crippen molar-refractivity contribution in [3.8, 4) is 0 Å². The van der Waals surface area contributed by atoms with Crippen LogP contribution < -0.4 is 11.1 Å². The van der Waals surface area contributed by atoms with E-state index in [4.69, 9.17) is 5.73 Å². The van der Waals surface area contributed by atoms with Crippen LogP contribution in [0, 0.1) is 22.9 Å². The first-order chi connectivity index (χ1) is 8.61. The number of benzene rings is 1. The summed E-state index contributed by atoms with van der Waals surface area (Å²) >= 11 is 0. The third kappa shape index (κ3) is 4.24. The minimum atomic E-state index is -1.30. The lowest BCUT2D eigenvalue weighted by atomic mass is 9.85. The smallest absolute Gasteiger partial charge is 0.226 e. The Balaban J connectivity index is 2.76. The van der Waals surface area contributed by atoms with E-state index in [1.165, 1.54) is 0 Å². The molecule has 0 aromatic heterocycles. The van der Waals surface area contributed by atoms with Crippen molar-refractivity contribution < 1.29 is 18.0 Å². The first kappa shape index (κ1) is 15.5. The summed E-state index contributed by atoms with van der Waals surface area (Å²) < 4.78 is 39.0. The van der Waals surface area contributed by atoms with Crippen LogP contribution in [-0.2, 0) is 4.79 Å². The zero-order valence-electron chi connectivity index (χ0n) is 11.1. The molecule has 19 heavy (non-hydrogen) atoms. The fourth-order valence-corrected chi connectivity index (χ4v) is 1.33. The molecule has 6 heteroatoms. The average Bonchev–Trinajstić information content (AvgIpc) is 2.24. The molecule has 0 heterocycles. The Kier molecular flexibility index (Phi) is 4.57. The van der Waals surface area contributed by atoms with Gasteiger partial charge in [-0.15, -0.1) is 0 Å². The van der Waals surface area contributed by atoms with E-state index in [1.54, 1.807) is 0 Å². The Morgan fingerprint density at radius 2 is 1.74 bits per heavy atom. The first-order valence-electron chi connectivity index (χ1n) is 5.81. The summed E-state index contributed by atoms with van der Waals surface area (Å²) in [6, 6.07) is 0.556. The Bertz CT molecular complexity index is 484. The van der Waals surface area contributed by atoms with Gasteiger partial charge in [0.25, 0.3) is 0 Å². The number of hydrogen-bond acceptors (Lipinski definition) is 2. The van der Waals surface area contributed by atoms with Gasteiger partial charge in [-0.25, -0.2) is 13.2 Å². The van der Waals surface area contributed by atoms with Gasteiger partial charge >= 0.3 is 0 Å². The Hall–Kier alpha value is -1.56. The summed E-state index contributed by atoms with van der Waals surface area (Å²) in [7, 11) is 0. The van der Waals surface area contributed by atoms with Crippen molar-refractivity contribution in [3.05, 3.63) is 29.6 Å². The highest BCUT2D eigenvalue weighted by atomic mass is 19.2. The van der Waals surface area contributed by atoms with Crippen LogP contribution in [0.4, 0.5) is 18.9 Å². The summed E-state index contributed by atoms with van der Waals surface area (Å²) in [5.74, 6) is -4.11. The quantitative estimate of drug-likeness (QED) is 0.833. The highest BCUT2D eigenvalue weighted by Gasteiger charge is 2.23. The van der Waals surface area contributed by atoms with Gasteiger partial charge in [-0.05, 0) is 5.41 Å². The van der Waals surface area contributed by atoms with Gasteiger partial charge in [0.15, 0.2) is 11.6 Å². The lowest BCUT2D eigenvalue weighted by molar-refractivity contribution is -0.117. The second-order valence-corrected chi connectivity index (χ2v) is 5.47. The van der Waals surface area contributed by atoms with Crippen LogP contribution in [0.1, 0.15) is 27.2 Å². The minimum Gasteiger partial charge on any atom is -0.327 e. The monoisotopic (exact) mass is 274 g/mol. The molecule has 0 saturated heterocycles. The molecule has 3 N–H and O–H groups in total. The van der Waals surface area contributed by atoms with Gasteiger partial charge in [0.2, 0.25) is 5.91 Å². The summed E-state index contributed by atoms with van der Waals surface area (Å²) in [4.78, 5) is 11.6. The van der Waals surface area contributed by atoms with E-state index in [-0.39, 0.29) is 11.8 Å². The number of rotatable bonds is 3. The van der Waals surface area contributed by atoms with E-state index in [2.05, 4.69) is 5.32 Å². The molecule has 0 aliphatic carbocycles. The third-order valence-corrected chi connectivity index (χ3v) is 2.80. The molecule has 1 aromatic rings. The molecule has 0 aliphatic heterocycles. The molecule has 0 radical (unpaired) electrons. The predicted molar refractivity (Wildman–Crippen MR) is 67.0 cm³/mol. The fraction of sp³-hybridized carbons (Fsp3) is 0.462. The van der Waals surface area contributed by atoms with E-state index in [0.29, 0.717) is 12.1 Å². The van der Waals surface area contributed by atoms with Gasteiger partial charge in [0.1, 0.15) is 5.82 Å². The Morgan fingerprint density at radius 3 is 2.26 bits per heavy atom. The van der Waals surface area contributed by atoms with Gasteiger partial charge in [0, 0.05) is 24.6 Å².